The van der Waals surface area contributed by atoms with E-state index in [0.717, 1.165) is 0 Å². The maximum Gasteiger partial charge on any atom is 0.416 e. The van der Waals surface area contributed by atoms with Gasteiger partial charge >= 0.3 is 24.7 Å². The molecule has 53 heavy (non-hydrogen) atoms. The minimum Gasteiger partial charge on any atom is -0.518 e. The van der Waals surface area contributed by atoms with Gasteiger partial charge in [0, 0.05) is 12.2 Å². The molecule has 1 N–H and O–H groups in total. The van der Waals surface area contributed by atoms with Crippen molar-refractivity contribution < 1.29 is 67.2 Å². The summed E-state index contributed by atoms with van der Waals surface area (Å²) in [7, 11) is 0. The topological polar surface area (TPSA) is 44.8 Å². The number of alkyl halides is 12. The molecular formula is C36H27BF12N2O2. The molecule has 4 aromatic rings. The monoisotopic (exact) mass is 758 g/mol. The Morgan fingerprint density at radius 2 is 0.962 bits per heavy atom. The van der Waals surface area contributed by atoms with Crippen molar-refractivity contribution in [3.63, 3.8) is 0 Å². The fourth-order valence-electron chi connectivity index (χ4n) is 6.75. The number of aliphatic imine (C=N–C) groups is 1. The van der Waals surface area contributed by atoms with Crippen LogP contribution in [-0.2, 0) is 47.0 Å². The minimum atomic E-state index is -5.44. The number of rotatable bonds is 8. The van der Waals surface area contributed by atoms with E-state index in [1.165, 1.54) is 0 Å². The molecule has 2 aliphatic rings. The Morgan fingerprint density at radius 1 is 0.547 bits per heavy atom. The van der Waals surface area contributed by atoms with Crippen molar-refractivity contribution in [1.82, 2.24) is 0 Å². The number of benzene rings is 4. The van der Waals surface area contributed by atoms with E-state index in [1.54, 1.807) is 60.7 Å². The van der Waals surface area contributed by atoms with E-state index in [1.807, 2.05) is 0 Å². The van der Waals surface area contributed by atoms with Crippen LogP contribution in [0.25, 0.3) is 0 Å². The first-order chi connectivity index (χ1) is 24.7. The van der Waals surface area contributed by atoms with Crippen LogP contribution in [0.5, 0.6) is 0 Å². The van der Waals surface area contributed by atoms with Crippen LogP contribution in [0.4, 0.5) is 52.7 Å². The van der Waals surface area contributed by atoms with Crippen LogP contribution < -0.4 is 15.9 Å². The number of hydrogen-bond donors (Lipinski definition) is 1. The molecule has 4 nitrogen and oxygen atoms in total. The Morgan fingerprint density at radius 3 is 1.38 bits per heavy atom. The van der Waals surface area contributed by atoms with E-state index in [9.17, 15) is 52.7 Å². The Labute approximate surface area is 294 Å². The molecule has 0 saturated carbocycles. The maximum atomic E-state index is 14.4. The van der Waals surface area contributed by atoms with Crippen LogP contribution in [0.2, 0.25) is 0 Å². The predicted octanol–water partition coefficient (Wildman–Crippen LogP) is 6.56. The molecule has 0 unspecified atom stereocenters. The van der Waals surface area contributed by atoms with Gasteiger partial charge in [-0.3, -0.25) is 4.99 Å². The number of nitrogens with zero attached hydrogens (tertiary/aromatic N) is 1. The Balaban J connectivity index is 1.71. The smallest absolute Gasteiger partial charge is 0.416 e. The maximum absolute atomic E-state index is 14.4. The van der Waals surface area contributed by atoms with Crippen molar-refractivity contribution in [2.75, 3.05) is 13.2 Å². The summed E-state index contributed by atoms with van der Waals surface area (Å²) in [5.74, 6) is -1.31. The third-order valence-corrected chi connectivity index (χ3v) is 9.14. The molecule has 0 spiro atoms. The van der Waals surface area contributed by atoms with Crippen molar-refractivity contribution in [2.45, 2.75) is 49.6 Å². The molecule has 17 heteroatoms. The average molecular weight is 758 g/mol. The summed E-state index contributed by atoms with van der Waals surface area (Å²) in [4.78, 5) is 7.37. The summed E-state index contributed by atoms with van der Waals surface area (Å²) in [6, 6.07) is 15.9. The highest BCUT2D eigenvalue weighted by atomic mass is 19.4. The van der Waals surface area contributed by atoms with Gasteiger partial charge < -0.3 is 9.47 Å². The first kappa shape index (κ1) is 37.8. The van der Waals surface area contributed by atoms with E-state index in [4.69, 9.17) is 9.47 Å². The first-order valence-corrected chi connectivity index (χ1v) is 16.1. The van der Waals surface area contributed by atoms with Crippen LogP contribution in [0.15, 0.2) is 102 Å². The number of halogens is 12. The van der Waals surface area contributed by atoms with Gasteiger partial charge in [0.05, 0.1) is 28.3 Å². The molecule has 0 aliphatic carbocycles. The Bertz CT molecular complexity index is 1800. The lowest BCUT2D eigenvalue weighted by Crippen LogP contribution is -2.87. The summed E-state index contributed by atoms with van der Waals surface area (Å²) in [6.07, 6.45) is -25.6. The molecule has 0 bridgehead atoms. The largest absolute Gasteiger partial charge is 0.518 e. The highest BCUT2D eigenvalue weighted by Gasteiger charge is 2.53. The Kier molecular flexibility index (Phi) is 9.83. The minimum absolute atomic E-state index is 0.101. The fraction of sp³-hybridized carbons (Fsp3) is 0.278. The van der Waals surface area contributed by atoms with Crippen LogP contribution in [0.1, 0.15) is 33.4 Å². The van der Waals surface area contributed by atoms with Crippen molar-refractivity contribution >= 4 is 28.7 Å². The second kappa shape index (κ2) is 13.8. The highest BCUT2D eigenvalue weighted by Crippen LogP contribution is 2.38. The molecule has 0 aromatic heterocycles. The standard InChI is InChI=1S/C36H26BF12N2O2/c38-33(39,40)23-13-24(34(41,42)43)16-27(15-23)37(31-50-29(19-52-31)11-21-7-3-1-4-8-21,32-51-30(20-53-32)12-22-9-5-2-6-10-22)28-17-25(35(44,45)46)14-26(18-28)36(47,48)49/h1-10,13-18,29-30H,11-12,19-20H2/q-1/p+1/t29-,30-/m0/s1. The zero-order chi connectivity index (χ0) is 38.4. The number of ether oxygens (including phenoxy) is 2. The van der Waals surface area contributed by atoms with Crippen molar-refractivity contribution in [1.29, 1.82) is 0 Å². The van der Waals surface area contributed by atoms with Gasteiger partial charge in [-0.05, 0) is 29.7 Å². The summed E-state index contributed by atoms with van der Waals surface area (Å²) in [5, 5.41) is 0. The van der Waals surface area contributed by atoms with Gasteiger partial charge in [-0.25, -0.2) is 4.99 Å². The van der Waals surface area contributed by atoms with E-state index >= 15 is 0 Å². The van der Waals surface area contributed by atoms with Crippen LogP contribution in [0.3, 0.4) is 0 Å². The van der Waals surface area contributed by atoms with Crippen LogP contribution in [0, 0.1) is 0 Å². The molecule has 280 valence electrons. The predicted molar refractivity (Wildman–Crippen MR) is 171 cm³/mol. The highest BCUT2D eigenvalue weighted by molar-refractivity contribution is 7.38. The van der Waals surface area contributed by atoms with Gasteiger partial charge in [0.2, 0.25) is 0 Å². The van der Waals surface area contributed by atoms with Crippen molar-refractivity contribution in [3.8, 4) is 0 Å². The normalized spacial score (nSPS) is 18.3. The fourth-order valence-corrected chi connectivity index (χ4v) is 6.75. The lowest BCUT2D eigenvalue weighted by Gasteiger charge is -2.38. The number of hydrogen-bond acceptors (Lipinski definition) is 3. The molecular weight excluding hydrogens is 731 g/mol. The molecule has 6 rings (SSSR count). The van der Waals surface area contributed by atoms with Crippen LogP contribution in [-0.4, -0.2) is 43.0 Å². The van der Waals surface area contributed by atoms with Gasteiger partial charge in [-0.2, -0.15) is 63.6 Å². The van der Waals surface area contributed by atoms with Gasteiger partial charge in [0.25, 0.3) is 6.15 Å². The van der Waals surface area contributed by atoms with E-state index < -0.39 is 87.7 Å². The average Bonchev–Trinajstić information content (AvgIpc) is 3.75. The molecule has 2 atom stereocenters. The van der Waals surface area contributed by atoms with Gasteiger partial charge in [-0.1, -0.05) is 84.9 Å². The summed E-state index contributed by atoms with van der Waals surface area (Å²) in [5.41, 5.74) is -8.06. The quantitative estimate of drug-likeness (QED) is 0.164. The zero-order valence-electron chi connectivity index (χ0n) is 27.1. The second-order valence-electron chi connectivity index (χ2n) is 12.9. The van der Waals surface area contributed by atoms with E-state index in [2.05, 4.69) is 9.98 Å². The van der Waals surface area contributed by atoms with Crippen molar-refractivity contribution in [2.24, 2.45) is 4.99 Å². The number of nitrogens with one attached hydrogen (secondary N) is 1. The van der Waals surface area contributed by atoms with Gasteiger partial charge in [-0.15, -0.1) is 0 Å². The SMILES string of the molecule is FC(F)(F)c1cc([B-](C2=N[C@@H](Cc3ccccc3)CO2)(C2=[NH+][C@@H](Cc3ccccc3)CO2)c2cc(C(F)(F)F)cc(C(F)(F)F)c2)cc(C(F)(F)F)c1. The molecule has 0 radical (unpaired) electrons. The molecule has 0 saturated heterocycles. The van der Waals surface area contributed by atoms with Gasteiger partial charge in [0.15, 0.2) is 18.4 Å². The summed E-state index contributed by atoms with van der Waals surface area (Å²) < 4.78 is 184. The third kappa shape index (κ3) is 8.03. The second-order valence-corrected chi connectivity index (χ2v) is 12.9. The summed E-state index contributed by atoms with van der Waals surface area (Å²) >= 11 is 0. The zero-order valence-corrected chi connectivity index (χ0v) is 27.1. The third-order valence-electron chi connectivity index (χ3n) is 9.14. The van der Waals surface area contributed by atoms with E-state index in [0.29, 0.717) is 11.1 Å². The molecule has 2 aliphatic heterocycles. The molecule has 0 fully saturated rings. The summed E-state index contributed by atoms with van der Waals surface area (Å²) in [6.45, 7) is -0.671. The van der Waals surface area contributed by atoms with Crippen molar-refractivity contribution in [3.05, 3.63) is 130 Å². The molecule has 2 heterocycles. The van der Waals surface area contributed by atoms with E-state index in [-0.39, 0.29) is 62.5 Å². The lowest BCUT2D eigenvalue weighted by atomic mass is 9.17. The Hall–Kier alpha value is -4.96. The lowest BCUT2D eigenvalue weighted by molar-refractivity contribution is -0.487. The molecule has 4 aromatic carbocycles. The first-order valence-electron chi connectivity index (χ1n) is 16.1. The van der Waals surface area contributed by atoms with Gasteiger partial charge in [0.1, 0.15) is 6.61 Å². The molecule has 0 amide bonds. The van der Waals surface area contributed by atoms with Crippen LogP contribution >= 0.6 is 0 Å².